The molecule has 2 rings (SSSR count). The van der Waals surface area contributed by atoms with E-state index in [1.54, 1.807) is 6.07 Å². The van der Waals surface area contributed by atoms with E-state index < -0.39 is 11.7 Å². The number of rotatable bonds is 2. The predicted molar refractivity (Wildman–Crippen MR) is 72.7 cm³/mol. The Morgan fingerprint density at radius 2 is 2.15 bits per heavy atom. The van der Waals surface area contributed by atoms with Crippen LogP contribution in [0, 0.1) is 17.1 Å². The van der Waals surface area contributed by atoms with Gasteiger partial charge in [-0.05, 0) is 30.3 Å². The lowest BCUT2D eigenvalue weighted by Crippen LogP contribution is -2.15. The molecule has 7 heteroatoms. The number of halogens is 2. The third-order valence-electron chi connectivity index (χ3n) is 2.43. The van der Waals surface area contributed by atoms with Crippen molar-refractivity contribution in [3.8, 4) is 6.07 Å². The molecule has 0 fully saturated rings. The summed E-state index contributed by atoms with van der Waals surface area (Å²) in [5.74, 6) is -1.11. The Morgan fingerprint density at radius 3 is 2.85 bits per heavy atom. The van der Waals surface area contributed by atoms with Gasteiger partial charge in [-0.3, -0.25) is 4.79 Å². The van der Waals surface area contributed by atoms with Crippen LogP contribution in [0.1, 0.15) is 16.1 Å². The normalized spacial score (nSPS) is 9.85. The Hall–Kier alpha value is -2.65. The van der Waals surface area contributed by atoms with Gasteiger partial charge in [-0.25, -0.2) is 9.37 Å². The summed E-state index contributed by atoms with van der Waals surface area (Å²) in [5, 5.41) is 11.3. The van der Waals surface area contributed by atoms with Crippen molar-refractivity contribution < 1.29 is 9.18 Å². The summed E-state index contributed by atoms with van der Waals surface area (Å²) < 4.78 is 13.2. The minimum absolute atomic E-state index is 0.0468. The van der Waals surface area contributed by atoms with Crippen LogP contribution in [-0.2, 0) is 0 Å². The van der Waals surface area contributed by atoms with Crippen molar-refractivity contribution >= 4 is 29.0 Å². The predicted octanol–water partition coefficient (Wildman–Crippen LogP) is 2.58. The quantitative estimate of drug-likeness (QED) is 0.889. The van der Waals surface area contributed by atoms with Gasteiger partial charge in [0, 0.05) is 5.69 Å². The smallest absolute Gasteiger partial charge is 0.275 e. The Labute approximate surface area is 118 Å². The molecule has 100 valence electrons. The van der Waals surface area contributed by atoms with Crippen LogP contribution in [0.2, 0.25) is 5.02 Å². The number of hydrogen-bond donors (Lipinski definition) is 2. The number of hydrogen-bond acceptors (Lipinski definition) is 4. The van der Waals surface area contributed by atoms with Crippen molar-refractivity contribution in [2.24, 2.45) is 0 Å². The van der Waals surface area contributed by atoms with Crippen LogP contribution in [0.4, 0.5) is 15.9 Å². The fraction of sp³-hybridized carbons (Fsp3) is 0. The van der Waals surface area contributed by atoms with Gasteiger partial charge in [0.15, 0.2) is 0 Å². The second kappa shape index (κ2) is 5.55. The molecule has 1 aromatic carbocycles. The molecular formula is C13H8ClFN4O. The number of nitrogens with zero attached hydrogens (tertiary/aromatic N) is 2. The van der Waals surface area contributed by atoms with E-state index in [9.17, 15) is 9.18 Å². The second-order valence-corrected chi connectivity index (χ2v) is 4.23. The van der Waals surface area contributed by atoms with Crippen LogP contribution in [0.25, 0.3) is 0 Å². The average molecular weight is 291 g/mol. The maximum atomic E-state index is 13.2. The standard InChI is InChI=1S/C13H8ClFN4O/c14-9-2-4-11(17)19-12(9)13(20)18-8-1-3-10(15)7(5-8)6-16/h1-5H,(H2,17,19)(H,18,20). The molecule has 0 saturated carbocycles. The van der Waals surface area contributed by atoms with Crippen molar-refractivity contribution in [1.82, 2.24) is 4.98 Å². The van der Waals surface area contributed by atoms with Crippen molar-refractivity contribution in [1.29, 1.82) is 5.26 Å². The molecule has 0 aliphatic rings. The van der Waals surface area contributed by atoms with E-state index in [2.05, 4.69) is 10.3 Å². The first-order chi connectivity index (χ1) is 9.51. The van der Waals surface area contributed by atoms with Crippen LogP contribution in [0.3, 0.4) is 0 Å². The van der Waals surface area contributed by atoms with Crippen LogP contribution >= 0.6 is 11.6 Å². The fourth-order valence-corrected chi connectivity index (χ4v) is 1.69. The van der Waals surface area contributed by atoms with Crippen LogP contribution in [0.15, 0.2) is 30.3 Å². The number of nitriles is 1. The Kier molecular flexibility index (Phi) is 3.82. The number of nitrogens with two attached hydrogens (primary N) is 1. The van der Waals surface area contributed by atoms with Gasteiger partial charge in [0.05, 0.1) is 10.6 Å². The highest BCUT2D eigenvalue weighted by Crippen LogP contribution is 2.18. The molecule has 0 spiro atoms. The largest absolute Gasteiger partial charge is 0.384 e. The van der Waals surface area contributed by atoms with E-state index in [1.807, 2.05) is 0 Å². The number of amides is 1. The third-order valence-corrected chi connectivity index (χ3v) is 2.73. The fourth-order valence-electron chi connectivity index (χ4n) is 1.50. The summed E-state index contributed by atoms with van der Waals surface area (Å²) in [6.07, 6.45) is 0. The number of pyridine rings is 1. The van der Waals surface area contributed by atoms with Gasteiger partial charge in [-0.1, -0.05) is 11.6 Å². The zero-order valence-corrected chi connectivity index (χ0v) is 10.8. The molecule has 20 heavy (non-hydrogen) atoms. The van der Waals surface area contributed by atoms with Gasteiger partial charge in [0.2, 0.25) is 0 Å². The third kappa shape index (κ3) is 2.84. The summed E-state index contributed by atoms with van der Waals surface area (Å²) in [5.41, 5.74) is 5.52. The number of aromatic nitrogens is 1. The minimum atomic E-state index is -0.661. The first-order valence-corrected chi connectivity index (χ1v) is 5.82. The van der Waals surface area contributed by atoms with Crippen molar-refractivity contribution in [3.05, 3.63) is 52.4 Å². The first kappa shape index (κ1) is 13.8. The average Bonchev–Trinajstić information content (AvgIpc) is 2.43. The van der Waals surface area contributed by atoms with Crippen LogP contribution in [-0.4, -0.2) is 10.9 Å². The molecule has 0 aliphatic carbocycles. The highest BCUT2D eigenvalue weighted by molar-refractivity contribution is 6.34. The number of benzene rings is 1. The SMILES string of the molecule is N#Cc1cc(NC(=O)c2nc(N)ccc2Cl)ccc1F. The molecule has 0 saturated heterocycles. The van der Waals surface area contributed by atoms with E-state index >= 15 is 0 Å². The van der Waals surface area contributed by atoms with Gasteiger partial charge < -0.3 is 11.1 Å². The molecule has 1 amide bonds. The number of carbonyl (C=O) groups excluding carboxylic acids is 1. The molecule has 2 aromatic rings. The topological polar surface area (TPSA) is 91.8 Å². The number of nitrogens with one attached hydrogen (secondary N) is 1. The van der Waals surface area contributed by atoms with Crippen LogP contribution < -0.4 is 11.1 Å². The van der Waals surface area contributed by atoms with Crippen molar-refractivity contribution in [2.75, 3.05) is 11.1 Å². The number of nitrogen functional groups attached to an aromatic ring is 1. The zero-order chi connectivity index (χ0) is 14.7. The van der Waals surface area contributed by atoms with Gasteiger partial charge in [-0.2, -0.15) is 5.26 Å². The van der Waals surface area contributed by atoms with Gasteiger partial charge in [0.1, 0.15) is 23.4 Å². The highest BCUT2D eigenvalue weighted by Gasteiger charge is 2.13. The van der Waals surface area contributed by atoms with E-state index in [0.717, 1.165) is 6.07 Å². The maximum Gasteiger partial charge on any atom is 0.275 e. The Balaban J connectivity index is 2.28. The number of anilines is 2. The monoisotopic (exact) mass is 290 g/mol. The molecule has 3 N–H and O–H groups in total. The van der Waals surface area contributed by atoms with Crippen molar-refractivity contribution in [2.45, 2.75) is 0 Å². The second-order valence-electron chi connectivity index (χ2n) is 3.83. The summed E-state index contributed by atoms with van der Waals surface area (Å²) in [4.78, 5) is 15.8. The highest BCUT2D eigenvalue weighted by atomic mass is 35.5. The molecule has 0 radical (unpaired) electrons. The van der Waals surface area contributed by atoms with Gasteiger partial charge >= 0.3 is 0 Å². The molecule has 0 aliphatic heterocycles. The summed E-state index contributed by atoms with van der Waals surface area (Å²) in [6.45, 7) is 0. The summed E-state index contributed by atoms with van der Waals surface area (Å²) >= 11 is 5.85. The molecule has 5 nitrogen and oxygen atoms in total. The van der Waals surface area contributed by atoms with E-state index in [0.29, 0.717) is 0 Å². The molecule has 1 aromatic heterocycles. The maximum absolute atomic E-state index is 13.2. The first-order valence-electron chi connectivity index (χ1n) is 5.44. The zero-order valence-electron chi connectivity index (χ0n) is 10.0. The van der Waals surface area contributed by atoms with Gasteiger partial charge in [-0.15, -0.1) is 0 Å². The molecule has 1 heterocycles. The summed E-state index contributed by atoms with van der Waals surface area (Å²) in [7, 11) is 0. The Bertz CT molecular complexity index is 727. The van der Waals surface area contributed by atoms with Crippen LogP contribution in [0.5, 0.6) is 0 Å². The lowest BCUT2D eigenvalue weighted by Gasteiger charge is -2.07. The number of carbonyl (C=O) groups is 1. The van der Waals surface area contributed by atoms with Crippen molar-refractivity contribution in [3.63, 3.8) is 0 Å². The minimum Gasteiger partial charge on any atom is -0.384 e. The Morgan fingerprint density at radius 1 is 1.40 bits per heavy atom. The lowest BCUT2D eigenvalue weighted by molar-refractivity contribution is 0.102. The van der Waals surface area contributed by atoms with E-state index in [-0.39, 0.29) is 27.8 Å². The lowest BCUT2D eigenvalue weighted by atomic mass is 10.2. The van der Waals surface area contributed by atoms with Gasteiger partial charge in [0.25, 0.3) is 5.91 Å². The van der Waals surface area contributed by atoms with E-state index in [4.69, 9.17) is 22.6 Å². The van der Waals surface area contributed by atoms with E-state index in [1.165, 1.54) is 24.3 Å². The molecule has 0 bridgehead atoms. The summed E-state index contributed by atoms with van der Waals surface area (Å²) in [6, 6.07) is 8.22. The molecule has 0 atom stereocenters. The molecular weight excluding hydrogens is 283 g/mol. The molecule has 0 unspecified atom stereocenters.